The van der Waals surface area contributed by atoms with Gasteiger partial charge in [-0.25, -0.2) is 0 Å². The molecule has 0 bridgehead atoms. The third-order valence-corrected chi connectivity index (χ3v) is 5.54. The van der Waals surface area contributed by atoms with Gasteiger partial charge in [-0.3, -0.25) is 4.79 Å². The molecule has 3 rings (SSSR count). The van der Waals surface area contributed by atoms with Crippen LogP contribution >= 0.6 is 23.1 Å². The van der Waals surface area contributed by atoms with E-state index in [1.165, 1.54) is 40.6 Å². The number of anilines is 1. The smallest absolute Gasteiger partial charge is 0.237 e. The number of nitrogens with zero attached hydrogens (tertiary/aromatic N) is 2. The number of nitrogens with one attached hydrogen (secondary N) is 1. The van der Waals surface area contributed by atoms with E-state index in [1.54, 1.807) is 0 Å². The molecule has 21 heavy (non-hydrogen) atoms. The second kappa shape index (κ2) is 6.15. The van der Waals surface area contributed by atoms with Gasteiger partial charge in [-0.2, -0.15) is 0 Å². The molecule has 0 fully saturated rings. The summed E-state index contributed by atoms with van der Waals surface area (Å²) in [6, 6.07) is 6.23. The van der Waals surface area contributed by atoms with Gasteiger partial charge >= 0.3 is 0 Å². The highest BCUT2D eigenvalue weighted by atomic mass is 32.2. The van der Waals surface area contributed by atoms with Crippen molar-refractivity contribution in [2.75, 3.05) is 5.32 Å². The molecular formula is C15H17N3OS2. The number of amides is 1. The summed E-state index contributed by atoms with van der Waals surface area (Å²) in [5.74, 6) is 0.00537. The van der Waals surface area contributed by atoms with E-state index < -0.39 is 0 Å². The molecule has 0 spiro atoms. The van der Waals surface area contributed by atoms with Gasteiger partial charge in [-0.1, -0.05) is 29.2 Å². The molecule has 1 aliphatic carbocycles. The highest BCUT2D eigenvalue weighted by Crippen LogP contribution is 2.28. The highest BCUT2D eigenvalue weighted by molar-refractivity contribution is 8.02. The van der Waals surface area contributed by atoms with Crippen molar-refractivity contribution in [2.45, 2.75) is 42.7 Å². The largest absolute Gasteiger partial charge is 0.325 e. The number of hydrogen-bond donors (Lipinski definition) is 1. The zero-order valence-corrected chi connectivity index (χ0v) is 13.7. The zero-order valence-electron chi connectivity index (χ0n) is 12.0. The molecule has 4 nitrogen and oxygen atoms in total. The number of benzene rings is 1. The molecule has 6 heteroatoms. The van der Waals surface area contributed by atoms with E-state index in [0.717, 1.165) is 27.9 Å². The number of thioether (sulfide) groups is 1. The minimum atomic E-state index is -0.189. The van der Waals surface area contributed by atoms with Gasteiger partial charge in [0.1, 0.15) is 5.01 Å². The molecule has 0 unspecified atom stereocenters. The summed E-state index contributed by atoms with van der Waals surface area (Å²) in [7, 11) is 0. The Morgan fingerprint density at radius 3 is 2.90 bits per heavy atom. The fraction of sp³-hybridized carbons (Fsp3) is 0.400. The van der Waals surface area contributed by atoms with Crippen molar-refractivity contribution >= 4 is 34.7 Å². The van der Waals surface area contributed by atoms with Crippen LogP contribution in [0.5, 0.6) is 0 Å². The van der Waals surface area contributed by atoms with E-state index in [0.29, 0.717) is 0 Å². The van der Waals surface area contributed by atoms with Gasteiger partial charge in [0.25, 0.3) is 0 Å². The highest BCUT2D eigenvalue weighted by Gasteiger charge is 2.18. The Bertz CT molecular complexity index is 669. The van der Waals surface area contributed by atoms with Gasteiger partial charge in [0.15, 0.2) is 4.34 Å². The van der Waals surface area contributed by atoms with Crippen LogP contribution in [0.2, 0.25) is 0 Å². The first-order valence-corrected chi connectivity index (χ1v) is 8.71. The molecule has 1 aliphatic rings. The third-order valence-electron chi connectivity index (χ3n) is 3.52. The maximum atomic E-state index is 12.2. The number of rotatable bonds is 4. The second-order valence-electron chi connectivity index (χ2n) is 5.17. The van der Waals surface area contributed by atoms with Crippen molar-refractivity contribution in [3.8, 4) is 0 Å². The first-order valence-electron chi connectivity index (χ1n) is 7.01. The summed E-state index contributed by atoms with van der Waals surface area (Å²) < 4.78 is 0.837. The van der Waals surface area contributed by atoms with Gasteiger partial charge < -0.3 is 5.32 Å². The Balaban J connectivity index is 1.63. The monoisotopic (exact) mass is 319 g/mol. The van der Waals surface area contributed by atoms with Gasteiger partial charge in [0, 0.05) is 5.69 Å². The Labute approximate surface area is 132 Å². The fourth-order valence-electron chi connectivity index (χ4n) is 2.42. The van der Waals surface area contributed by atoms with E-state index in [4.69, 9.17) is 0 Å². The zero-order chi connectivity index (χ0) is 14.8. The lowest BCUT2D eigenvalue weighted by Crippen LogP contribution is -2.22. The van der Waals surface area contributed by atoms with Crippen molar-refractivity contribution in [1.29, 1.82) is 0 Å². The Hall–Kier alpha value is -1.40. The first-order chi connectivity index (χ1) is 10.1. The number of aromatic nitrogens is 2. The normalized spacial score (nSPS) is 14.8. The number of hydrogen-bond acceptors (Lipinski definition) is 5. The summed E-state index contributed by atoms with van der Waals surface area (Å²) in [5.41, 5.74) is 3.68. The summed E-state index contributed by atoms with van der Waals surface area (Å²) in [6.07, 6.45) is 3.50. The number of carbonyl (C=O) groups excluding carboxylic acids is 1. The lowest BCUT2D eigenvalue weighted by molar-refractivity contribution is -0.115. The second-order valence-corrected chi connectivity index (χ2v) is 7.94. The van der Waals surface area contributed by atoms with Crippen LogP contribution in [0.1, 0.15) is 29.5 Å². The molecular weight excluding hydrogens is 302 g/mol. The van der Waals surface area contributed by atoms with Crippen LogP contribution in [-0.4, -0.2) is 21.4 Å². The van der Waals surface area contributed by atoms with Crippen LogP contribution in [0.15, 0.2) is 22.5 Å². The number of fused-ring (bicyclic) bond motifs is 1. The average Bonchev–Trinajstić information content (AvgIpc) is 3.07. The fourth-order valence-corrected chi connectivity index (χ4v) is 4.38. The molecule has 1 heterocycles. The molecule has 0 aliphatic heterocycles. The summed E-state index contributed by atoms with van der Waals surface area (Å²) in [4.78, 5) is 12.2. The van der Waals surface area contributed by atoms with Crippen molar-refractivity contribution in [1.82, 2.24) is 10.2 Å². The molecule has 1 N–H and O–H groups in total. The Morgan fingerprint density at radius 2 is 2.14 bits per heavy atom. The van der Waals surface area contributed by atoms with Crippen molar-refractivity contribution in [3.63, 3.8) is 0 Å². The van der Waals surface area contributed by atoms with Crippen molar-refractivity contribution in [3.05, 3.63) is 34.3 Å². The van der Waals surface area contributed by atoms with Crippen LogP contribution in [0, 0.1) is 6.92 Å². The molecule has 2 aromatic rings. The van der Waals surface area contributed by atoms with Crippen molar-refractivity contribution < 1.29 is 4.79 Å². The molecule has 0 saturated heterocycles. The molecule has 0 saturated carbocycles. The van der Waals surface area contributed by atoms with E-state index in [2.05, 4.69) is 27.6 Å². The predicted octanol–water partition coefficient (Wildman–Crippen LogP) is 3.45. The molecule has 0 radical (unpaired) electrons. The number of carbonyl (C=O) groups is 1. The number of aryl methyl sites for hydroxylation is 3. The summed E-state index contributed by atoms with van der Waals surface area (Å²) in [5, 5.41) is 11.7. The van der Waals surface area contributed by atoms with E-state index in [1.807, 2.05) is 19.9 Å². The SMILES string of the molecule is Cc1nnc(S[C@@H](C)C(=O)Nc2ccc3c(c2)CCC3)s1. The van der Waals surface area contributed by atoms with E-state index in [9.17, 15) is 4.79 Å². The van der Waals surface area contributed by atoms with Crippen LogP contribution in [0.4, 0.5) is 5.69 Å². The predicted molar refractivity (Wildman–Crippen MR) is 87.1 cm³/mol. The van der Waals surface area contributed by atoms with E-state index >= 15 is 0 Å². The van der Waals surface area contributed by atoms with Crippen LogP contribution in [0.3, 0.4) is 0 Å². The molecule has 1 aromatic carbocycles. The lowest BCUT2D eigenvalue weighted by atomic mass is 10.1. The van der Waals surface area contributed by atoms with Gasteiger partial charge in [-0.15, -0.1) is 10.2 Å². The third kappa shape index (κ3) is 3.44. The molecule has 110 valence electrons. The Morgan fingerprint density at radius 1 is 1.33 bits per heavy atom. The molecule has 1 aromatic heterocycles. The molecule has 1 amide bonds. The minimum absolute atomic E-state index is 0.00537. The van der Waals surface area contributed by atoms with Crippen molar-refractivity contribution in [2.24, 2.45) is 0 Å². The summed E-state index contributed by atoms with van der Waals surface area (Å²) >= 11 is 2.97. The standard InChI is InChI=1S/C15H17N3OS2/c1-9(20-15-18-17-10(2)21-15)14(19)16-13-7-6-11-4-3-5-12(11)8-13/h6-9H,3-5H2,1-2H3,(H,16,19)/t9-/m0/s1. The lowest BCUT2D eigenvalue weighted by Gasteiger charge is -2.11. The van der Waals surface area contributed by atoms with Gasteiger partial charge in [0.2, 0.25) is 5.91 Å². The van der Waals surface area contributed by atoms with E-state index in [-0.39, 0.29) is 11.2 Å². The summed E-state index contributed by atoms with van der Waals surface area (Å²) in [6.45, 7) is 3.81. The topological polar surface area (TPSA) is 54.9 Å². The Kier molecular flexibility index (Phi) is 4.26. The quantitative estimate of drug-likeness (QED) is 0.877. The maximum absolute atomic E-state index is 12.2. The van der Waals surface area contributed by atoms with Gasteiger partial charge in [-0.05, 0) is 56.4 Å². The van der Waals surface area contributed by atoms with Crippen LogP contribution in [-0.2, 0) is 17.6 Å². The van der Waals surface area contributed by atoms with Crippen LogP contribution < -0.4 is 5.32 Å². The van der Waals surface area contributed by atoms with Gasteiger partial charge in [0.05, 0.1) is 5.25 Å². The molecule has 1 atom stereocenters. The van der Waals surface area contributed by atoms with Crippen LogP contribution in [0.25, 0.3) is 0 Å². The minimum Gasteiger partial charge on any atom is -0.325 e. The average molecular weight is 319 g/mol. The first kappa shape index (κ1) is 14.5. The maximum Gasteiger partial charge on any atom is 0.237 e.